The predicted octanol–water partition coefficient (Wildman–Crippen LogP) is 3.63. The minimum Gasteiger partial charge on any atom is -0.497 e. The quantitative estimate of drug-likeness (QED) is 0.673. The van der Waals surface area contributed by atoms with Gasteiger partial charge in [-0.15, -0.1) is 0 Å². The number of rotatable bonds is 4. The van der Waals surface area contributed by atoms with Gasteiger partial charge in [0.1, 0.15) is 17.0 Å². The number of carbonyl (C=O) groups is 2. The molecule has 0 radical (unpaired) electrons. The Balaban J connectivity index is 1.40. The highest BCUT2D eigenvalue weighted by Crippen LogP contribution is 2.40. The number of methoxy groups -OCH3 is 1. The summed E-state index contributed by atoms with van der Waals surface area (Å²) < 4.78 is 10.6. The number of ether oxygens (including phenoxy) is 1. The van der Waals surface area contributed by atoms with Gasteiger partial charge in [0.05, 0.1) is 13.7 Å². The monoisotopic (exact) mass is 403 g/mol. The van der Waals surface area contributed by atoms with Gasteiger partial charge in [-0.3, -0.25) is 9.69 Å². The van der Waals surface area contributed by atoms with Crippen molar-refractivity contribution in [1.29, 1.82) is 0 Å². The number of aryl methyl sites for hydroxylation is 1. The van der Waals surface area contributed by atoms with E-state index in [1.165, 1.54) is 4.90 Å². The summed E-state index contributed by atoms with van der Waals surface area (Å²) in [4.78, 5) is 27.3. The van der Waals surface area contributed by atoms with Gasteiger partial charge in [-0.1, -0.05) is 29.4 Å². The largest absolute Gasteiger partial charge is 0.497 e. The van der Waals surface area contributed by atoms with E-state index in [1.54, 1.807) is 13.2 Å². The Morgan fingerprint density at radius 2 is 1.97 bits per heavy atom. The molecule has 30 heavy (non-hydrogen) atoms. The molecule has 2 aliphatic rings. The number of benzene rings is 2. The molecule has 5 rings (SSSR count). The third-order valence-corrected chi connectivity index (χ3v) is 5.91. The Morgan fingerprint density at radius 1 is 1.17 bits per heavy atom. The lowest BCUT2D eigenvalue weighted by Gasteiger charge is -2.33. The van der Waals surface area contributed by atoms with E-state index < -0.39 is 11.6 Å². The van der Waals surface area contributed by atoms with Crippen molar-refractivity contribution in [3.63, 3.8) is 0 Å². The summed E-state index contributed by atoms with van der Waals surface area (Å²) in [5.74, 6) is 0.965. The summed E-state index contributed by atoms with van der Waals surface area (Å²) in [6, 6.07) is 16.6. The van der Waals surface area contributed by atoms with Gasteiger partial charge in [0.15, 0.2) is 5.76 Å². The first-order chi connectivity index (χ1) is 14.6. The second kappa shape index (κ2) is 7.02. The number of nitrogens with zero attached hydrogens (tertiary/aromatic N) is 2. The highest BCUT2D eigenvalue weighted by molar-refractivity contribution is 6.07. The van der Waals surface area contributed by atoms with Gasteiger partial charge in [-0.2, -0.15) is 0 Å². The molecule has 3 aromatic rings. The number of fused-ring (bicyclic) bond motifs is 2. The normalized spacial score (nSPS) is 20.4. The lowest BCUT2D eigenvalue weighted by Crippen LogP contribution is -2.46. The van der Waals surface area contributed by atoms with Crippen molar-refractivity contribution >= 4 is 11.9 Å². The van der Waals surface area contributed by atoms with Gasteiger partial charge >= 0.3 is 6.03 Å². The van der Waals surface area contributed by atoms with Gasteiger partial charge in [-0.05, 0) is 54.7 Å². The topological polar surface area (TPSA) is 84.7 Å². The van der Waals surface area contributed by atoms with E-state index in [-0.39, 0.29) is 12.5 Å². The van der Waals surface area contributed by atoms with Crippen molar-refractivity contribution in [3.05, 3.63) is 71.5 Å². The van der Waals surface area contributed by atoms with Crippen molar-refractivity contribution < 1.29 is 18.8 Å². The first-order valence-electron chi connectivity index (χ1n) is 9.93. The second-order valence-corrected chi connectivity index (χ2v) is 7.64. The Labute approximate surface area is 173 Å². The summed E-state index contributed by atoms with van der Waals surface area (Å²) in [6.45, 7) is 0.0394. The molecule has 1 fully saturated rings. The van der Waals surface area contributed by atoms with E-state index >= 15 is 0 Å². The van der Waals surface area contributed by atoms with Crippen molar-refractivity contribution in [1.82, 2.24) is 15.4 Å². The number of hydrogen-bond donors (Lipinski definition) is 1. The van der Waals surface area contributed by atoms with Crippen LogP contribution >= 0.6 is 0 Å². The molecular formula is C23H21N3O4. The molecule has 1 aliphatic heterocycles. The fraction of sp³-hybridized carbons (Fsp3) is 0.261. The number of aromatic nitrogens is 1. The summed E-state index contributed by atoms with van der Waals surface area (Å²) in [5, 5.41) is 7.05. The number of hydrogen-bond acceptors (Lipinski definition) is 5. The molecule has 1 N–H and O–H groups in total. The molecule has 2 aromatic carbocycles. The fourth-order valence-corrected chi connectivity index (χ4v) is 4.40. The Hall–Kier alpha value is -3.61. The SMILES string of the molecule is COc1ccc(-c2cc(CN3C(=O)NC4(CCCc5ccccc54)C3=O)on2)cc1. The molecule has 1 aromatic heterocycles. The molecular weight excluding hydrogens is 382 g/mol. The number of nitrogens with one attached hydrogen (secondary N) is 1. The van der Waals surface area contributed by atoms with Crippen molar-refractivity contribution in [2.24, 2.45) is 0 Å². The number of carbonyl (C=O) groups excluding carboxylic acids is 2. The summed E-state index contributed by atoms with van der Waals surface area (Å²) >= 11 is 0. The van der Waals surface area contributed by atoms with Crippen molar-refractivity contribution in [3.8, 4) is 17.0 Å². The van der Waals surface area contributed by atoms with Crippen LogP contribution in [-0.4, -0.2) is 29.1 Å². The van der Waals surface area contributed by atoms with Crippen LogP contribution in [0.15, 0.2) is 59.1 Å². The fourth-order valence-electron chi connectivity index (χ4n) is 4.40. The lowest BCUT2D eigenvalue weighted by atomic mass is 9.76. The zero-order chi connectivity index (χ0) is 20.7. The molecule has 7 nitrogen and oxygen atoms in total. The summed E-state index contributed by atoms with van der Waals surface area (Å²) in [7, 11) is 1.61. The first kappa shape index (κ1) is 18.4. The van der Waals surface area contributed by atoms with E-state index in [0.717, 1.165) is 35.3 Å². The molecule has 0 bridgehead atoms. The maximum atomic E-state index is 13.4. The minimum atomic E-state index is -0.981. The minimum absolute atomic E-state index is 0.0394. The van der Waals surface area contributed by atoms with Crippen LogP contribution in [0.2, 0.25) is 0 Å². The van der Waals surface area contributed by atoms with Crippen LogP contribution in [0.5, 0.6) is 5.75 Å². The highest BCUT2D eigenvalue weighted by Gasteiger charge is 2.54. The maximum Gasteiger partial charge on any atom is 0.325 e. The van der Waals surface area contributed by atoms with Crippen LogP contribution in [-0.2, 0) is 23.3 Å². The predicted molar refractivity (Wildman–Crippen MR) is 109 cm³/mol. The third kappa shape index (κ3) is 2.85. The van der Waals surface area contributed by atoms with E-state index in [9.17, 15) is 9.59 Å². The molecule has 0 saturated carbocycles. The molecule has 1 saturated heterocycles. The summed E-state index contributed by atoms with van der Waals surface area (Å²) in [6.07, 6.45) is 2.35. The van der Waals surface area contributed by atoms with Gasteiger partial charge in [0.25, 0.3) is 5.91 Å². The number of urea groups is 1. The molecule has 2 heterocycles. The molecule has 1 unspecified atom stereocenters. The molecule has 3 amide bonds. The molecule has 1 atom stereocenters. The zero-order valence-electron chi connectivity index (χ0n) is 16.6. The van der Waals surface area contributed by atoms with Gasteiger partial charge < -0.3 is 14.6 Å². The Morgan fingerprint density at radius 3 is 2.77 bits per heavy atom. The number of amides is 3. The molecule has 1 aliphatic carbocycles. The van der Waals surface area contributed by atoms with E-state index in [4.69, 9.17) is 9.26 Å². The van der Waals surface area contributed by atoms with Crippen LogP contribution in [0.3, 0.4) is 0 Å². The highest BCUT2D eigenvalue weighted by atomic mass is 16.5. The average Bonchev–Trinajstić information content (AvgIpc) is 3.34. The lowest BCUT2D eigenvalue weighted by molar-refractivity contribution is -0.132. The molecule has 152 valence electrons. The second-order valence-electron chi connectivity index (χ2n) is 7.64. The molecule has 7 heteroatoms. The van der Waals surface area contributed by atoms with Crippen LogP contribution < -0.4 is 10.1 Å². The van der Waals surface area contributed by atoms with E-state index in [1.807, 2.05) is 48.5 Å². The average molecular weight is 403 g/mol. The smallest absolute Gasteiger partial charge is 0.325 e. The van der Waals surface area contributed by atoms with Crippen LogP contribution in [0.4, 0.5) is 4.79 Å². The van der Waals surface area contributed by atoms with E-state index in [0.29, 0.717) is 17.9 Å². The van der Waals surface area contributed by atoms with Gasteiger partial charge in [0.2, 0.25) is 0 Å². The van der Waals surface area contributed by atoms with Crippen molar-refractivity contribution in [2.45, 2.75) is 31.3 Å². The van der Waals surface area contributed by atoms with E-state index in [2.05, 4.69) is 10.5 Å². The zero-order valence-corrected chi connectivity index (χ0v) is 16.6. The first-order valence-corrected chi connectivity index (χ1v) is 9.93. The van der Waals surface area contributed by atoms with Crippen molar-refractivity contribution in [2.75, 3.05) is 7.11 Å². The third-order valence-electron chi connectivity index (χ3n) is 5.91. The number of imide groups is 1. The van der Waals surface area contributed by atoms with Crippen LogP contribution in [0.25, 0.3) is 11.3 Å². The standard InChI is InChI=1S/C23H21N3O4/c1-29-17-10-8-16(9-11-17)20-13-18(30-25-20)14-26-21(27)23(24-22(26)28)12-4-6-15-5-2-3-7-19(15)23/h2-3,5,7-11,13H,4,6,12,14H2,1H3,(H,24,28). The Kier molecular flexibility index (Phi) is 4.31. The summed E-state index contributed by atoms with van der Waals surface area (Å²) in [5.41, 5.74) is 2.53. The molecule has 1 spiro atoms. The van der Waals surface area contributed by atoms with Crippen LogP contribution in [0, 0.1) is 0 Å². The Bertz CT molecular complexity index is 1120. The van der Waals surface area contributed by atoms with Gasteiger partial charge in [0, 0.05) is 11.6 Å². The maximum absolute atomic E-state index is 13.4. The van der Waals surface area contributed by atoms with Gasteiger partial charge in [-0.25, -0.2) is 4.79 Å². The van der Waals surface area contributed by atoms with Crippen LogP contribution in [0.1, 0.15) is 29.7 Å².